The number of rotatable bonds is 9. The van der Waals surface area contributed by atoms with E-state index < -0.39 is 29.4 Å². The molecule has 46 heavy (non-hydrogen) atoms. The number of hydrogen-bond acceptors (Lipinski definition) is 10. The van der Waals surface area contributed by atoms with Crippen molar-refractivity contribution in [1.82, 2.24) is 20.3 Å². The monoisotopic (exact) mass is 651 g/mol. The van der Waals surface area contributed by atoms with E-state index in [0.29, 0.717) is 58.6 Å². The molecule has 0 bridgehead atoms. The zero-order chi connectivity index (χ0) is 32.6. The topological polar surface area (TPSA) is 112 Å². The van der Waals surface area contributed by atoms with E-state index in [1.54, 1.807) is 12.1 Å². The highest BCUT2D eigenvalue weighted by Crippen LogP contribution is 2.44. The van der Waals surface area contributed by atoms with E-state index in [2.05, 4.69) is 16.9 Å². The molecule has 2 saturated heterocycles. The molecule has 0 aliphatic carbocycles. The number of nitrogens with zero attached hydrogens (tertiary/aromatic N) is 4. The summed E-state index contributed by atoms with van der Waals surface area (Å²) in [5.74, 6) is 0.222. The molecule has 6 rings (SSSR count). The van der Waals surface area contributed by atoms with Gasteiger partial charge in [0.1, 0.15) is 41.1 Å². The first kappa shape index (κ1) is 32.2. The molecule has 1 N–H and O–H groups in total. The van der Waals surface area contributed by atoms with Crippen molar-refractivity contribution < 1.29 is 27.8 Å². The van der Waals surface area contributed by atoms with Crippen molar-refractivity contribution in [2.24, 2.45) is 5.92 Å². The fourth-order valence-corrected chi connectivity index (χ4v) is 6.36. The van der Waals surface area contributed by atoms with E-state index in [1.165, 1.54) is 6.20 Å². The number of halogens is 2. The number of para-hydroxylation sites is 1. The van der Waals surface area contributed by atoms with E-state index in [1.807, 2.05) is 56.9 Å². The van der Waals surface area contributed by atoms with Crippen LogP contribution in [0.15, 0.2) is 53.6 Å². The molecule has 4 atom stereocenters. The number of benzene rings is 1. The molecular weight excluding hydrogens is 613 g/mol. The van der Waals surface area contributed by atoms with Crippen molar-refractivity contribution in [3.05, 3.63) is 65.6 Å². The molecule has 2 fully saturated rings. The minimum absolute atomic E-state index is 0.128. The lowest BCUT2D eigenvalue weighted by Gasteiger charge is -2.37. The average molecular weight is 652 g/mol. The number of furan rings is 1. The normalized spacial score (nSPS) is 23.6. The Morgan fingerprint density at radius 1 is 1.30 bits per heavy atom. The Hall–Kier alpha value is -3.80. The van der Waals surface area contributed by atoms with Gasteiger partial charge in [0.25, 0.3) is 0 Å². The van der Waals surface area contributed by atoms with E-state index in [9.17, 15) is 4.79 Å². The predicted molar refractivity (Wildman–Crippen MR) is 174 cm³/mol. The summed E-state index contributed by atoms with van der Waals surface area (Å²) in [4.78, 5) is 29.6. The molecule has 0 radical (unpaired) electrons. The highest BCUT2D eigenvalue weighted by molar-refractivity contribution is 6.30. The van der Waals surface area contributed by atoms with Crippen LogP contribution in [0.2, 0.25) is 5.02 Å². The second-order valence-electron chi connectivity index (χ2n) is 12.9. The Bertz CT molecular complexity index is 1760. The van der Waals surface area contributed by atoms with Crippen LogP contribution in [0.4, 0.5) is 10.2 Å². The highest BCUT2D eigenvalue weighted by Gasteiger charge is 2.46. The zero-order valence-corrected chi connectivity index (χ0v) is 27.3. The summed E-state index contributed by atoms with van der Waals surface area (Å²) >= 11 is 6.33. The van der Waals surface area contributed by atoms with Crippen LogP contribution in [0, 0.1) is 5.92 Å². The van der Waals surface area contributed by atoms with Gasteiger partial charge in [0, 0.05) is 30.5 Å². The summed E-state index contributed by atoms with van der Waals surface area (Å²) in [7, 11) is 0. The molecule has 5 heterocycles. The smallest absolute Gasteiger partial charge is 0.329 e. The van der Waals surface area contributed by atoms with Gasteiger partial charge < -0.3 is 28.8 Å². The number of piperidine rings is 1. The van der Waals surface area contributed by atoms with Gasteiger partial charge in [-0.3, -0.25) is 0 Å². The van der Waals surface area contributed by atoms with Crippen LogP contribution in [0.3, 0.4) is 0 Å². The second kappa shape index (κ2) is 12.8. The maximum Gasteiger partial charge on any atom is 0.329 e. The molecule has 4 aromatic rings. The van der Waals surface area contributed by atoms with Crippen molar-refractivity contribution in [3.63, 3.8) is 0 Å². The van der Waals surface area contributed by atoms with Crippen molar-refractivity contribution in [3.8, 4) is 5.88 Å². The predicted octanol–water partition coefficient (Wildman–Crippen LogP) is 6.29. The van der Waals surface area contributed by atoms with Crippen LogP contribution < -0.4 is 15.0 Å². The van der Waals surface area contributed by atoms with Gasteiger partial charge in [0.05, 0.1) is 23.7 Å². The Labute approximate surface area is 272 Å². The number of alkyl halides is 1. The minimum Gasteiger partial charge on any atom is -0.472 e. The number of carbonyl (C=O) groups excluding carboxylic acids is 1. The van der Waals surface area contributed by atoms with Gasteiger partial charge in [-0.05, 0) is 51.9 Å². The lowest BCUT2D eigenvalue weighted by Crippen LogP contribution is -2.44. The third-order valence-corrected chi connectivity index (χ3v) is 8.58. The maximum atomic E-state index is 16.6. The molecular formula is C34H39ClFN5O5. The Kier molecular flexibility index (Phi) is 8.93. The van der Waals surface area contributed by atoms with Crippen LogP contribution in [-0.2, 0) is 26.5 Å². The molecule has 0 amide bonds. The zero-order valence-electron chi connectivity index (χ0n) is 26.5. The number of anilines is 1. The number of hydrogen-bond donors (Lipinski definition) is 1. The number of esters is 1. The third-order valence-electron chi connectivity index (χ3n) is 8.37. The van der Waals surface area contributed by atoms with Gasteiger partial charge in [-0.15, -0.1) is 6.58 Å². The lowest BCUT2D eigenvalue weighted by atomic mass is 9.79. The fourth-order valence-electron chi connectivity index (χ4n) is 6.20. The average Bonchev–Trinajstić information content (AvgIpc) is 3.60. The lowest BCUT2D eigenvalue weighted by molar-refractivity contribution is -0.156. The first-order valence-electron chi connectivity index (χ1n) is 15.6. The van der Waals surface area contributed by atoms with Gasteiger partial charge >= 0.3 is 5.97 Å². The molecule has 12 heteroatoms. The van der Waals surface area contributed by atoms with E-state index in [0.717, 1.165) is 5.39 Å². The maximum absolute atomic E-state index is 16.6. The van der Waals surface area contributed by atoms with Gasteiger partial charge in [-0.1, -0.05) is 36.7 Å². The summed E-state index contributed by atoms with van der Waals surface area (Å²) in [6.45, 7) is 12.7. The van der Waals surface area contributed by atoms with Crippen LogP contribution in [0.25, 0.3) is 22.1 Å². The summed E-state index contributed by atoms with van der Waals surface area (Å²) in [5, 5.41) is 4.38. The molecule has 0 saturated carbocycles. The van der Waals surface area contributed by atoms with E-state index in [-0.39, 0.29) is 37.8 Å². The van der Waals surface area contributed by atoms with Gasteiger partial charge in [-0.25, -0.2) is 24.1 Å². The SMILES string of the molecule is C=CCOCc1nc(N2C[C@@H](Oc3ncc(Cl)cc3[C@@]3(F)CCNC[C@@H]3C)C[C@H]2C(=O)OC(C)(C)C)c2oc3ccccc3c2n1. The summed E-state index contributed by atoms with van der Waals surface area (Å²) in [5.41, 5.74) is -0.440. The number of nitrogens with one attached hydrogen (secondary N) is 1. The minimum atomic E-state index is -1.69. The van der Waals surface area contributed by atoms with Crippen molar-refractivity contribution in [2.75, 3.05) is 31.1 Å². The molecule has 3 aromatic heterocycles. The Balaban J connectivity index is 1.41. The molecule has 2 aliphatic rings. The van der Waals surface area contributed by atoms with Gasteiger partial charge in [0.15, 0.2) is 17.2 Å². The van der Waals surface area contributed by atoms with Gasteiger partial charge in [0.2, 0.25) is 5.88 Å². The molecule has 2 aliphatic heterocycles. The quantitative estimate of drug-likeness (QED) is 0.126. The third kappa shape index (κ3) is 6.41. The van der Waals surface area contributed by atoms with Crippen LogP contribution >= 0.6 is 11.6 Å². The first-order valence-corrected chi connectivity index (χ1v) is 15.9. The number of pyridine rings is 1. The Morgan fingerprint density at radius 3 is 2.87 bits per heavy atom. The van der Waals surface area contributed by atoms with Gasteiger partial charge in [-0.2, -0.15) is 0 Å². The number of ether oxygens (including phenoxy) is 3. The summed E-state index contributed by atoms with van der Waals surface area (Å²) in [6.07, 6.45) is 3.03. The standard InChI is InChI=1S/C34H39ClFN5O5/c1-6-13-43-19-27-39-28-23-9-7-8-10-26(23)45-29(28)30(40-27)41-18-22(15-25(41)32(42)46-33(3,4)5)44-31-24(14-21(35)17-38-31)34(36)11-12-37-16-20(34)2/h6-10,14,17,20,22,25,37H,1,11-13,15-16,18-19H2,2-5H3/t20-,22-,25-,34+/m0/s1. The summed E-state index contributed by atoms with van der Waals surface area (Å²) in [6, 6.07) is 8.39. The van der Waals surface area contributed by atoms with Crippen LogP contribution in [0.1, 0.15) is 51.9 Å². The van der Waals surface area contributed by atoms with Crippen molar-refractivity contribution in [1.29, 1.82) is 0 Å². The number of aromatic nitrogens is 3. The molecule has 10 nitrogen and oxygen atoms in total. The van der Waals surface area contributed by atoms with Crippen LogP contribution in [0.5, 0.6) is 5.88 Å². The van der Waals surface area contributed by atoms with Crippen molar-refractivity contribution in [2.45, 2.75) is 70.6 Å². The molecule has 1 aromatic carbocycles. The highest BCUT2D eigenvalue weighted by atomic mass is 35.5. The first-order chi connectivity index (χ1) is 22.0. The number of carbonyl (C=O) groups is 1. The molecule has 244 valence electrons. The Morgan fingerprint density at radius 2 is 2.11 bits per heavy atom. The van der Waals surface area contributed by atoms with E-state index >= 15 is 4.39 Å². The molecule has 0 spiro atoms. The summed E-state index contributed by atoms with van der Waals surface area (Å²) < 4.78 is 41.0. The fraction of sp³-hybridized carbons (Fsp3) is 0.471. The largest absolute Gasteiger partial charge is 0.472 e. The van der Waals surface area contributed by atoms with Crippen molar-refractivity contribution >= 4 is 45.5 Å². The van der Waals surface area contributed by atoms with Crippen LogP contribution in [-0.4, -0.2) is 64.9 Å². The van der Waals surface area contributed by atoms with E-state index in [4.69, 9.17) is 40.2 Å². The second-order valence-corrected chi connectivity index (χ2v) is 13.4. The number of fused-ring (bicyclic) bond motifs is 3. The molecule has 0 unspecified atom stereocenters.